The smallest absolute Gasteiger partial charge is 0.170 e. The third kappa shape index (κ3) is 1.78. The Morgan fingerprint density at radius 1 is 1.47 bits per heavy atom. The Kier molecular flexibility index (Phi) is 2.79. The van der Waals surface area contributed by atoms with Crippen molar-refractivity contribution in [2.45, 2.75) is 13.5 Å². The van der Waals surface area contributed by atoms with Crippen LogP contribution in [0, 0.1) is 6.92 Å². The van der Waals surface area contributed by atoms with Gasteiger partial charge in [0.1, 0.15) is 0 Å². The molecule has 0 atom stereocenters. The summed E-state index contributed by atoms with van der Waals surface area (Å²) in [6.45, 7) is 2.32. The van der Waals surface area contributed by atoms with Crippen LogP contribution in [-0.2, 0) is 6.54 Å². The maximum Gasteiger partial charge on any atom is 0.170 e. The Labute approximate surface area is 95.4 Å². The van der Waals surface area contributed by atoms with Gasteiger partial charge in [0, 0.05) is 4.47 Å². The van der Waals surface area contributed by atoms with Crippen LogP contribution in [0.3, 0.4) is 0 Å². The van der Waals surface area contributed by atoms with Crippen LogP contribution in [0.15, 0.2) is 22.7 Å². The summed E-state index contributed by atoms with van der Waals surface area (Å²) >= 11 is 3.46. The zero-order valence-electron chi connectivity index (χ0n) is 8.18. The average molecular weight is 268 g/mol. The molecule has 2 rings (SSSR count). The van der Waals surface area contributed by atoms with E-state index in [9.17, 15) is 0 Å². The van der Waals surface area contributed by atoms with Crippen molar-refractivity contribution in [1.29, 1.82) is 0 Å². The number of aromatic nitrogens is 4. The first-order valence-corrected chi connectivity index (χ1v) is 5.26. The molecule has 0 saturated carbocycles. The van der Waals surface area contributed by atoms with E-state index in [1.165, 1.54) is 0 Å². The van der Waals surface area contributed by atoms with E-state index in [2.05, 4.69) is 31.5 Å². The second-order valence-electron chi connectivity index (χ2n) is 3.10. The Balaban J connectivity index is 2.59. The molecular weight excluding hydrogens is 258 g/mol. The SMILES string of the molecule is Cc1c(Br)cccc1-n1nnnc1CN. The van der Waals surface area contributed by atoms with E-state index in [4.69, 9.17) is 5.73 Å². The first kappa shape index (κ1) is 10.3. The van der Waals surface area contributed by atoms with Crippen molar-refractivity contribution >= 4 is 15.9 Å². The van der Waals surface area contributed by atoms with Crippen LogP contribution < -0.4 is 5.73 Å². The molecule has 78 valence electrons. The standard InChI is InChI=1S/C9H10BrN5/c1-6-7(10)3-2-4-8(6)15-9(5-11)12-13-14-15/h2-4H,5,11H2,1H3. The summed E-state index contributed by atoms with van der Waals surface area (Å²) in [6, 6.07) is 5.87. The Morgan fingerprint density at radius 3 is 3.00 bits per heavy atom. The fourth-order valence-electron chi connectivity index (χ4n) is 1.35. The van der Waals surface area contributed by atoms with E-state index in [1.807, 2.05) is 25.1 Å². The molecule has 15 heavy (non-hydrogen) atoms. The van der Waals surface area contributed by atoms with Gasteiger partial charge in [0.2, 0.25) is 0 Å². The van der Waals surface area contributed by atoms with Gasteiger partial charge in [0.25, 0.3) is 0 Å². The summed E-state index contributed by atoms with van der Waals surface area (Å²) in [5.41, 5.74) is 7.57. The Bertz CT molecular complexity index is 479. The second-order valence-corrected chi connectivity index (χ2v) is 3.95. The lowest BCUT2D eigenvalue weighted by Crippen LogP contribution is -2.09. The zero-order chi connectivity index (χ0) is 10.8. The molecule has 6 heteroatoms. The highest BCUT2D eigenvalue weighted by Gasteiger charge is 2.09. The van der Waals surface area contributed by atoms with Crippen LogP contribution in [0.25, 0.3) is 5.69 Å². The number of tetrazole rings is 1. The molecule has 5 nitrogen and oxygen atoms in total. The zero-order valence-corrected chi connectivity index (χ0v) is 9.77. The van der Waals surface area contributed by atoms with Crippen molar-refractivity contribution in [3.63, 3.8) is 0 Å². The first-order valence-electron chi connectivity index (χ1n) is 4.47. The summed E-state index contributed by atoms with van der Waals surface area (Å²) < 4.78 is 2.68. The van der Waals surface area contributed by atoms with Crippen molar-refractivity contribution in [2.24, 2.45) is 5.73 Å². The van der Waals surface area contributed by atoms with Gasteiger partial charge >= 0.3 is 0 Å². The summed E-state index contributed by atoms with van der Waals surface area (Å²) in [5.74, 6) is 0.649. The number of hydrogen-bond acceptors (Lipinski definition) is 4. The fraction of sp³-hybridized carbons (Fsp3) is 0.222. The number of nitrogens with two attached hydrogens (primary N) is 1. The van der Waals surface area contributed by atoms with Gasteiger partial charge in [-0.1, -0.05) is 22.0 Å². The monoisotopic (exact) mass is 267 g/mol. The van der Waals surface area contributed by atoms with Gasteiger partial charge in [-0.05, 0) is 35.0 Å². The van der Waals surface area contributed by atoms with Gasteiger partial charge in [-0.2, -0.15) is 4.68 Å². The summed E-state index contributed by atoms with van der Waals surface area (Å²) in [4.78, 5) is 0. The highest BCUT2D eigenvalue weighted by atomic mass is 79.9. The molecule has 1 aromatic carbocycles. The molecule has 0 saturated heterocycles. The van der Waals surface area contributed by atoms with Crippen molar-refractivity contribution < 1.29 is 0 Å². The van der Waals surface area contributed by atoms with Crippen molar-refractivity contribution in [3.05, 3.63) is 34.1 Å². The van der Waals surface area contributed by atoms with Crippen LogP contribution in [-0.4, -0.2) is 20.2 Å². The van der Waals surface area contributed by atoms with Crippen molar-refractivity contribution in [2.75, 3.05) is 0 Å². The van der Waals surface area contributed by atoms with Gasteiger partial charge in [-0.3, -0.25) is 0 Å². The van der Waals surface area contributed by atoms with Crippen molar-refractivity contribution in [1.82, 2.24) is 20.2 Å². The summed E-state index contributed by atoms with van der Waals surface area (Å²) in [7, 11) is 0. The Morgan fingerprint density at radius 2 is 2.27 bits per heavy atom. The highest BCUT2D eigenvalue weighted by Crippen LogP contribution is 2.22. The lowest BCUT2D eigenvalue weighted by Gasteiger charge is -2.07. The number of benzene rings is 1. The molecule has 0 fully saturated rings. The molecule has 1 heterocycles. The maximum atomic E-state index is 5.55. The van der Waals surface area contributed by atoms with Crippen LogP contribution in [0.5, 0.6) is 0 Å². The molecule has 0 aliphatic heterocycles. The van der Waals surface area contributed by atoms with Gasteiger partial charge in [-0.25, -0.2) is 0 Å². The Hall–Kier alpha value is -1.27. The molecule has 2 aromatic rings. The number of hydrogen-bond donors (Lipinski definition) is 1. The molecule has 0 radical (unpaired) electrons. The third-order valence-corrected chi connectivity index (χ3v) is 3.04. The predicted octanol–water partition coefficient (Wildman–Crippen LogP) is 1.19. The third-order valence-electron chi connectivity index (χ3n) is 2.18. The van der Waals surface area contributed by atoms with E-state index < -0.39 is 0 Å². The molecule has 0 spiro atoms. The lowest BCUT2D eigenvalue weighted by atomic mass is 10.2. The molecule has 0 unspecified atom stereocenters. The van der Waals surface area contributed by atoms with E-state index >= 15 is 0 Å². The van der Waals surface area contributed by atoms with E-state index in [1.54, 1.807) is 4.68 Å². The van der Waals surface area contributed by atoms with Crippen LogP contribution in [0.2, 0.25) is 0 Å². The maximum absolute atomic E-state index is 5.55. The van der Waals surface area contributed by atoms with E-state index in [0.717, 1.165) is 15.7 Å². The van der Waals surface area contributed by atoms with Crippen LogP contribution in [0.4, 0.5) is 0 Å². The fourth-order valence-corrected chi connectivity index (χ4v) is 1.70. The predicted molar refractivity (Wildman–Crippen MR) is 59.5 cm³/mol. The van der Waals surface area contributed by atoms with Gasteiger partial charge < -0.3 is 5.73 Å². The molecule has 0 amide bonds. The minimum atomic E-state index is 0.318. The summed E-state index contributed by atoms with van der Waals surface area (Å²) in [5, 5.41) is 11.4. The topological polar surface area (TPSA) is 69.6 Å². The number of nitrogens with zero attached hydrogens (tertiary/aromatic N) is 4. The number of rotatable bonds is 2. The average Bonchev–Trinajstić information content (AvgIpc) is 2.70. The largest absolute Gasteiger partial charge is 0.324 e. The second kappa shape index (κ2) is 4.08. The minimum absolute atomic E-state index is 0.318. The number of halogens is 1. The van der Waals surface area contributed by atoms with Crippen molar-refractivity contribution in [3.8, 4) is 5.69 Å². The lowest BCUT2D eigenvalue weighted by molar-refractivity contribution is 0.757. The molecule has 0 bridgehead atoms. The summed E-state index contributed by atoms with van der Waals surface area (Å²) in [6.07, 6.45) is 0. The van der Waals surface area contributed by atoms with Gasteiger partial charge in [-0.15, -0.1) is 5.10 Å². The molecular formula is C9H10BrN5. The van der Waals surface area contributed by atoms with Gasteiger partial charge in [0.05, 0.1) is 12.2 Å². The molecule has 0 aliphatic rings. The molecule has 1 aromatic heterocycles. The van der Waals surface area contributed by atoms with Crippen LogP contribution in [0.1, 0.15) is 11.4 Å². The minimum Gasteiger partial charge on any atom is -0.324 e. The molecule has 0 aliphatic carbocycles. The van der Waals surface area contributed by atoms with Crippen LogP contribution >= 0.6 is 15.9 Å². The quantitative estimate of drug-likeness (QED) is 0.888. The van der Waals surface area contributed by atoms with Gasteiger partial charge in [0.15, 0.2) is 5.82 Å². The van der Waals surface area contributed by atoms with E-state index in [-0.39, 0.29) is 0 Å². The molecule has 2 N–H and O–H groups in total. The first-order chi connectivity index (χ1) is 7.24. The normalized spacial score (nSPS) is 10.6. The van der Waals surface area contributed by atoms with E-state index in [0.29, 0.717) is 12.4 Å². The highest BCUT2D eigenvalue weighted by molar-refractivity contribution is 9.10.